The number of ether oxygens (including phenoxy) is 2. The zero-order valence-electron chi connectivity index (χ0n) is 27.0. The average molecular weight is 645 g/mol. The van der Waals surface area contributed by atoms with Gasteiger partial charge in [-0.15, -0.1) is 0 Å². The van der Waals surface area contributed by atoms with Crippen molar-refractivity contribution < 1.29 is 22.7 Å². The van der Waals surface area contributed by atoms with Crippen LogP contribution in [0.5, 0.6) is 17.2 Å². The Labute approximate surface area is 269 Å². The van der Waals surface area contributed by atoms with Crippen molar-refractivity contribution in [1.82, 2.24) is 14.5 Å². The molecule has 0 bridgehead atoms. The van der Waals surface area contributed by atoms with Crippen LogP contribution in [0.25, 0.3) is 10.9 Å². The largest absolute Gasteiger partial charge is 0.492 e. The molecular weight excluding hydrogens is 604 g/mol. The SMILES string of the molecule is COc1c(NC(=O)c2cc3cccc(Oc4ccnc(N5CCN6C=CCC6C5)c4)c3n2C)cc(C(C)(C)C)cc1NS(C)(=O)=O. The lowest BCUT2D eigenvalue weighted by Crippen LogP contribution is -2.49. The predicted octanol–water partition coefficient (Wildman–Crippen LogP) is 5.70. The Balaban J connectivity index is 1.29. The van der Waals surface area contributed by atoms with Crippen molar-refractivity contribution in [3.8, 4) is 17.2 Å². The highest BCUT2D eigenvalue weighted by Gasteiger charge is 2.28. The van der Waals surface area contributed by atoms with Gasteiger partial charge in [-0.05, 0) is 53.9 Å². The van der Waals surface area contributed by atoms with Gasteiger partial charge in [-0.2, -0.15) is 0 Å². The molecule has 242 valence electrons. The lowest BCUT2D eigenvalue weighted by molar-refractivity contribution is 0.101. The van der Waals surface area contributed by atoms with Gasteiger partial charge in [0.25, 0.3) is 5.91 Å². The van der Waals surface area contributed by atoms with Crippen LogP contribution in [0.2, 0.25) is 0 Å². The molecule has 1 saturated heterocycles. The van der Waals surface area contributed by atoms with Gasteiger partial charge in [0.15, 0.2) is 11.5 Å². The van der Waals surface area contributed by atoms with Crippen LogP contribution < -0.4 is 24.4 Å². The number of methoxy groups -OCH3 is 1. The Morgan fingerprint density at radius 2 is 1.85 bits per heavy atom. The highest BCUT2D eigenvalue weighted by molar-refractivity contribution is 7.92. The molecule has 1 amide bonds. The summed E-state index contributed by atoms with van der Waals surface area (Å²) in [5.74, 6) is 1.97. The van der Waals surface area contributed by atoms with Crippen LogP contribution >= 0.6 is 0 Å². The normalized spacial score (nSPS) is 16.4. The lowest BCUT2D eigenvalue weighted by atomic mass is 9.86. The summed E-state index contributed by atoms with van der Waals surface area (Å²) in [5.41, 5.74) is 2.24. The van der Waals surface area contributed by atoms with E-state index >= 15 is 0 Å². The molecule has 11 nitrogen and oxygen atoms in total. The molecule has 1 unspecified atom stereocenters. The fourth-order valence-electron chi connectivity index (χ4n) is 6.12. The molecule has 2 aromatic heterocycles. The third-order valence-electron chi connectivity index (χ3n) is 8.46. The summed E-state index contributed by atoms with van der Waals surface area (Å²) in [7, 11) is -0.356. The highest BCUT2D eigenvalue weighted by atomic mass is 32.2. The molecule has 4 heterocycles. The zero-order chi connectivity index (χ0) is 32.8. The molecule has 0 radical (unpaired) electrons. The van der Waals surface area contributed by atoms with Gasteiger partial charge in [0.1, 0.15) is 17.3 Å². The van der Waals surface area contributed by atoms with Crippen LogP contribution in [0, 0.1) is 0 Å². The van der Waals surface area contributed by atoms with Crippen LogP contribution in [-0.2, 0) is 22.5 Å². The van der Waals surface area contributed by atoms with Crippen molar-refractivity contribution in [2.45, 2.75) is 38.6 Å². The summed E-state index contributed by atoms with van der Waals surface area (Å²) < 4.78 is 40.6. The van der Waals surface area contributed by atoms with Gasteiger partial charge in [0.05, 0.1) is 30.3 Å². The van der Waals surface area contributed by atoms with E-state index in [0.717, 1.165) is 54.6 Å². The Bertz CT molecular complexity index is 1950. The predicted molar refractivity (Wildman–Crippen MR) is 182 cm³/mol. The second-order valence-electron chi connectivity index (χ2n) is 12.9. The number of fused-ring (bicyclic) bond motifs is 2. The second kappa shape index (κ2) is 11.9. The number of piperazine rings is 1. The number of carbonyl (C=O) groups excluding carboxylic acids is 1. The molecule has 1 fully saturated rings. The maximum atomic E-state index is 13.8. The summed E-state index contributed by atoms with van der Waals surface area (Å²) in [4.78, 5) is 23.1. The number of hydrogen-bond acceptors (Lipinski definition) is 8. The van der Waals surface area contributed by atoms with Crippen LogP contribution in [0.15, 0.2) is 67.0 Å². The van der Waals surface area contributed by atoms with E-state index < -0.39 is 10.0 Å². The monoisotopic (exact) mass is 644 g/mol. The number of para-hydroxylation sites is 1. The number of aromatic nitrogens is 2. The van der Waals surface area contributed by atoms with Crippen LogP contribution in [0.1, 0.15) is 43.2 Å². The first-order valence-electron chi connectivity index (χ1n) is 15.2. The van der Waals surface area contributed by atoms with E-state index in [1.54, 1.807) is 22.9 Å². The van der Waals surface area contributed by atoms with E-state index in [4.69, 9.17) is 9.47 Å². The van der Waals surface area contributed by atoms with Crippen molar-refractivity contribution in [3.63, 3.8) is 0 Å². The molecule has 2 N–H and O–H groups in total. The minimum absolute atomic E-state index is 0.216. The summed E-state index contributed by atoms with van der Waals surface area (Å²) in [6.45, 7) is 8.78. The van der Waals surface area contributed by atoms with Crippen molar-refractivity contribution >= 4 is 44.0 Å². The minimum atomic E-state index is -3.61. The molecule has 2 aromatic carbocycles. The van der Waals surface area contributed by atoms with Gasteiger partial charge in [-0.25, -0.2) is 13.4 Å². The first-order valence-corrected chi connectivity index (χ1v) is 17.1. The van der Waals surface area contributed by atoms with Crippen molar-refractivity contribution in [2.75, 3.05) is 47.9 Å². The number of anilines is 3. The molecule has 0 saturated carbocycles. The highest BCUT2D eigenvalue weighted by Crippen LogP contribution is 2.40. The van der Waals surface area contributed by atoms with E-state index in [2.05, 4.69) is 37.1 Å². The van der Waals surface area contributed by atoms with Gasteiger partial charge in [-0.3, -0.25) is 9.52 Å². The Morgan fingerprint density at radius 1 is 1.07 bits per heavy atom. The van der Waals surface area contributed by atoms with Gasteiger partial charge in [0.2, 0.25) is 10.0 Å². The molecule has 12 heteroatoms. The van der Waals surface area contributed by atoms with Crippen molar-refractivity contribution in [3.05, 3.63) is 78.3 Å². The zero-order valence-corrected chi connectivity index (χ0v) is 27.8. The number of rotatable bonds is 8. The number of nitrogens with zero attached hydrogens (tertiary/aromatic N) is 4. The number of amides is 1. The molecule has 0 spiro atoms. The molecule has 2 aliphatic rings. The summed E-state index contributed by atoms with van der Waals surface area (Å²) in [6, 6.07) is 15.3. The molecule has 46 heavy (non-hydrogen) atoms. The Hall–Kier alpha value is -4.71. The standard InChI is InChI=1S/C34H40N6O5S/c1-34(2,3)23-18-26(32(44-5)27(19-23)37-46(6,42)43)36-33(41)28-17-22-9-7-11-29(31(22)38(28)4)45-25-12-13-35-30(20-25)40-16-15-39-14-8-10-24(39)21-40/h7-9,11-14,17-20,24,37H,10,15-16,21H2,1-6H3,(H,36,41). The first kappa shape index (κ1) is 31.3. The number of sulfonamides is 1. The van der Waals surface area contributed by atoms with Crippen molar-refractivity contribution in [2.24, 2.45) is 7.05 Å². The third kappa shape index (κ3) is 6.34. The lowest BCUT2D eigenvalue weighted by Gasteiger charge is -2.38. The number of aryl methyl sites for hydroxylation is 1. The molecule has 2 aliphatic heterocycles. The molecule has 6 rings (SSSR count). The van der Waals surface area contributed by atoms with E-state index in [-0.39, 0.29) is 22.8 Å². The van der Waals surface area contributed by atoms with E-state index in [0.29, 0.717) is 28.9 Å². The van der Waals surface area contributed by atoms with Gasteiger partial charge < -0.3 is 29.2 Å². The average Bonchev–Trinajstić information content (AvgIpc) is 3.60. The topological polar surface area (TPSA) is 118 Å². The van der Waals surface area contributed by atoms with E-state index in [1.807, 2.05) is 64.2 Å². The van der Waals surface area contributed by atoms with Gasteiger partial charge in [-0.1, -0.05) is 39.0 Å². The number of pyridine rings is 1. The molecular formula is C34H40N6O5S. The number of hydrogen-bond donors (Lipinski definition) is 2. The summed E-state index contributed by atoms with van der Waals surface area (Å²) >= 11 is 0. The molecule has 1 atom stereocenters. The fourth-order valence-corrected chi connectivity index (χ4v) is 6.67. The smallest absolute Gasteiger partial charge is 0.272 e. The number of nitrogens with one attached hydrogen (secondary N) is 2. The third-order valence-corrected chi connectivity index (χ3v) is 9.05. The number of carbonyl (C=O) groups is 1. The maximum absolute atomic E-state index is 13.8. The Kier molecular flexibility index (Phi) is 8.09. The quantitative estimate of drug-likeness (QED) is 0.251. The van der Waals surface area contributed by atoms with E-state index in [9.17, 15) is 13.2 Å². The molecule has 0 aliphatic carbocycles. The molecule has 4 aromatic rings. The summed E-state index contributed by atoms with van der Waals surface area (Å²) in [6.07, 6.45) is 8.30. The summed E-state index contributed by atoms with van der Waals surface area (Å²) in [5, 5.41) is 3.80. The first-order chi connectivity index (χ1) is 21.8. The van der Waals surface area contributed by atoms with E-state index in [1.165, 1.54) is 7.11 Å². The fraction of sp³-hybridized carbons (Fsp3) is 0.353. The second-order valence-corrected chi connectivity index (χ2v) is 14.6. The number of benzene rings is 2. The van der Waals surface area contributed by atoms with Gasteiger partial charge >= 0.3 is 0 Å². The maximum Gasteiger partial charge on any atom is 0.272 e. The van der Waals surface area contributed by atoms with Crippen LogP contribution in [-0.4, -0.2) is 67.8 Å². The Morgan fingerprint density at radius 3 is 2.59 bits per heavy atom. The minimum Gasteiger partial charge on any atom is -0.492 e. The van der Waals surface area contributed by atoms with Crippen LogP contribution in [0.3, 0.4) is 0 Å². The van der Waals surface area contributed by atoms with Crippen LogP contribution in [0.4, 0.5) is 17.2 Å². The van der Waals surface area contributed by atoms with Gasteiger partial charge in [0, 0.05) is 50.4 Å². The van der Waals surface area contributed by atoms with Crippen molar-refractivity contribution in [1.29, 1.82) is 0 Å².